The fraction of sp³-hybridized carbons (Fsp3) is 0.222. The van der Waals surface area contributed by atoms with Crippen molar-refractivity contribution in [2.45, 2.75) is 26.8 Å². The zero-order chi connectivity index (χ0) is 18.4. The van der Waals surface area contributed by atoms with Gasteiger partial charge in [0, 0.05) is 18.0 Å². The van der Waals surface area contributed by atoms with Crippen LogP contribution in [0.5, 0.6) is 0 Å². The van der Waals surface area contributed by atoms with Gasteiger partial charge in [-0.2, -0.15) is 14.7 Å². The van der Waals surface area contributed by atoms with E-state index in [1.165, 1.54) is 10.6 Å². The number of aryl methyl sites for hydroxylation is 2. The number of hydrogen-bond acceptors (Lipinski definition) is 4. The molecule has 8 heteroatoms. The maximum atomic E-state index is 12.5. The van der Waals surface area contributed by atoms with Gasteiger partial charge in [0.05, 0.1) is 23.1 Å². The Morgan fingerprint density at radius 3 is 2.77 bits per heavy atom. The number of carbonyl (C=O) groups excluding carboxylic acids is 1. The largest absolute Gasteiger partial charge is 0.365 e. The van der Waals surface area contributed by atoms with E-state index in [9.17, 15) is 9.59 Å². The Kier molecular flexibility index (Phi) is 3.61. The minimum atomic E-state index is -0.607. The average Bonchev–Trinajstić information content (AvgIpc) is 3.21. The molecule has 0 radical (unpaired) electrons. The smallest absolute Gasteiger partial charge is 0.274 e. The summed E-state index contributed by atoms with van der Waals surface area (Å²) >= 11 is 0. The van der Waals surface area contributed by atoms with Crippen LogP contribution in [0.4, 0.5) is 0 Å². The number of aromatic amines is 1. The Hall–Kier alpha value is -3.42. The van der Waals surface area contributed by atoms with E-state index in [2.05, 4.69) is 15.2 Å². The van der Waals surface area contributed by atoms with Gasteiger partial charge in [0.1, 0.15) is 5.56 Å². The molecule has 26 heavy (non-hydrogen) atoms. The quantitative estimate of drug-likeness (QED) is 0.584. The molecule has 0 aliphatic rings. The van der Waals surface area contributed by atoms with Gasteiger partial charge < -0.3 is 10.7 Å². The van der Waals surface area contributed by atoms with Gasteiger partial charge in [0.2, 0.25) is 0 Å². The fourth-order valence-electron chi connectivity index (χ4n) is 3.25. The van der Waals surface area contributed by atoms with Crippen molar-refractivity contribution >= 4 is 22.5 Å². The molecule has 1 aromatic carbocycles. The van der Waals surface area contributed by atoms with Gasteiger partial charge in [0.25, 0.3) is 11.5 Å². The summed E-state index contributed by atoms with van der Waals surface area (Å²) in [5.41, 5.74) is 8.71. The van der Waals surface area contributed by atoms with Crippen molar-refractivity contribution in [1.82, 2.24) is 24.4 Å². The molecule has 0 aliphatic heterocycles. The molecule has 3 heterocycles. The molecule has 4 aromatic rings. The molecule has 0 saturated carbocycles. The van der Waals surface area contributed by atoms with Gasteiger partial charge >= 0.3 is 0 Å². The van der Waals surface area contributed by atoms with Crippen molar-refractivity contribution in [2.24, 2.45) is 5.73 Å². The normalized spacial score (nSPS) is 11.5. The second-order valence-electron chi connectivity index (χ2n) is 6.06. The first-order valence-corrected chi connectivity index (χ1v) is 8.44. The SMILES string of the molecule is CCc1nn2c(=O)cc(-c3ccc4c(cnn4CC)c3)[nH]c2c1C(N)=O. The van der Waals surface area contributed by atoms with Crippen LogP contribution in [0.2, 0.25) is 0 Å². The number of carbonyl (C=O) groups is 1. The molecule has 0 aliphatic carbocycles. The molecular weight excluding hydrogens is 332 g/mol. The van der Waals surface area contributed by atoms with Gasteiger partial charge in [-0.15, -0.1) is 0 Å². The van der Waals surface area contributed by atoms with Crippen LogP contribution in [0.25, 0.3) is 27.8 Å². The summed E-state index contributed by atoms with van der Waals surface area (Å²) < 4.78 is 3.09. The van der Waals surface area contributed by atoms with Gasteiger partial charge in [0.15, 0.2) is 5.65 Å². The molecule has 8 nitrogen and oxygen atoms in total. The van der Waals surface area contributed by atoms with E-state index in [1.807, 2.05) is 36.7 Å². The maximum Gasteiger partial charge on any atom is 0.274 e. The summed E-state index contributed by atoms with van der Waals surface area (Å²) in [7, 11) is 0. The Balaban J connectivity index is 1.96. The minimum absolute atomic E-state index is 0.256. The number of nitrogens with two attached hydrogens (primary N) is 1. The van der Waals surface area contributed by atoms with E-state index in [0.717, 1.165) is 23.0 Å². The topological polar surface area (TPSA) is 111 Å². The van der Waals surface area contributed by atoms with Gasteiger partial charge in [-0.3, -0.25) is 14.3 Å². The van der Waals surface area contributed by atoms with Crippen LogP contribution in [-0.2, 0) is 13.0 Å². The van der Waals surface area contributed by atoms with E-state index in [0.29, 0.717) is 23.5 Å². The van der Waals surface area contributed by atoms with Crippen LogP contribution in [0, 0.1) is 0 Å². The number of fused-ring (bicyclic) bond motifs is 2. The van der Waals surface area contributed by atoms with E-state index in [4.69, 9.17) is 5.73 Å². The summed E-state index contributed by atoms with van der Waals surface area (Å²) in [6, 6.07) is 7.30. The molecule has 4 rings (SSSR count). The number of aromatic nitrogens is 5. The number of hydrogen-bond donors (Lipinski definition) is 2. The van der Waals surface area contributed by atoms with E-state index >= 15 is 0 Å². The first-order valence-electron chi connectivity index (χ1n) is 8.44. The third-order valence-electron chi connectivity index (χ3n) is 4.52. The van der Waals surface area contributed by atoms with Gasteiger partial charge in [-0.05, 0) is 31.0 Å². The van der Waals surface area contributed by atoms with Crippen molar-refractivity contribution in [3.8, 4) is 11.3 Å². The first kappa shape index (κ1) is 16.1. The standard InChI is InChI=1S/C18H18N6O2/c1-3-12-16(17(19)26)18-21-13(8-15(25)24(18)22-12)10-5-6-14-11(7-10)9-20-23(14)4-2/h5-9,21H,3-4H2,1-2H3,(H2,19,26). The Morgan fingerprint density at radius 2 is 2.08 bits per heavy atom. The predicted octanol–water partition coefficient (Wildman–Crippen LogP) is 1.72. The van der Waals surface area contributed by atoms with Crippen LogP contribution in [0.1, 0.15) is 29.9 Å². The number of nitrogens with one attached hydrogen (secondary N) is 1. The first-order chi connectivity index (χ1) is 12.5. The summed E-state index contributed by atoms with van der Waals surface area (Å²) in [6.45, 7) is 4.67. The summed E-state index contributed by atoms with van der Waals surface area (Å²) in [5.74, 6) is -0.607. The lowest BCUT2D eigenvalue weighted by Crippen LogP contribution is -2.16. The summed E-state index contributed by atoms with van der Waals surface area (Å²) in [4.78, 5) is 27.5. The zero-order valence-electron chi connectivity index (χ0n) is 14.5. The predicted molar refractivity (Wildman–Crippen MR) is 98.1 cm³/mol. The lowest BCUT2D eigenvalue weighted by molar-refractivity contribution is 0.100. The second-order valence-corrected chi connectivity index (χ2v) is 6.06. The van der Waals surface area contributed by atoms with Crippen LogP contribution >= 0.6 is 0 Å². The Labute approximate surface area is 148 Å². The molecule has 3 aromatic heterocycles. The van der Waals surface area contributed by atoms with Gasteiger partial charge in [-0.1, -0.05) is 13.0 Å². The fourth-order valence-corrected chi connectivity index (χ4v) is 3.25. The van der Waals surface area contributed by atoms with E-state index < -0.39 is 5.91 Å². The lowest BCUT2D eigenvalue weighted by Gasteiger charge is -2.05. The van der Waals surface area contributed by atoms with Crippen LogP contribution < -0.4 is 11.3 Å². The molecule has 0 saturated heterocycles. The van der Waals surface area contributed by atoms with Crippen molar-refractivity contribution < 1.29 is 4.79 Å². The highest BCUT2D eigenvalue weighted by Gasteiger charge is 2.19. The molecular formula is C18H18N6O2. The lowest BCUT2D eigenvalue weighted by atomic mass is 10.1. The van der Waals surface area contributed by atoms with Crippen molar-refractivity contribution in [2.75, 3.05) is 0 Å². The van der Waals surface area contributed by atoms with E-state index in [1.54, 1.807) is 6.20 Å². The van der Waals surface area contributed by atoms with Crippen molar-refractivity contribution in [1.29, 1.82) is 0 Å². The molecule has 0 atom stereocenters. The van der Waals surface area contributed by atoms with Crippen molar-refractivity contribution in [3.05, 3.63) is 52.1 Å². The number of amides is 1. The molecule has 0 bridgehead atoms. The maximum absolute atomic E-state index is 12.5. The molecule has 0 fully saturated rings. The average molecular weight is 350 g/mol. The van der Waals surface area contributed by atoms with Gasteiger partial charge in [-0.25, -0.2) is 0 Å². The van der Waals surface area contributed by atoms with Crippen molar-refractivity contribution in [3.63, 3.8) is 0 Å². The highest BCUT2D eigenvalue weighted by Crippen LogP contribution is 2.24. The van der Waals surface area contributed by atoms with Crippen LogP contribution in [-0.4, -0.2) is 30.3 Å². The Bertz CT molecular complexity index is 1210. The monoisotopic (exact) mass is 350 g/mol. The number of nitrogens with zero attached hydrogens (tertiary/aromatic N) is 4. The molecule has 132 valence electrons. The summed E-state index contributed by atoms with van der Waals surface area (Å²) in [6.07, 6.45) is 2.30. The number of benzene rings is 1. The number of H-pyrrole nitrogens is 1. The van der Waals surface area contributed by atoms with Crippen LogP contribution in [0.3, 0.4) is 0 Å². The minimum Gasteiger partial charge on any atom is -0.365 e. The van der Waals surface area contributed by atoms with Crippen LogP contribution in [0.15, 0.2) is 35.3 Å². The third kappa shape index (κ3) is 2.30. The highest BCUT2D eigenvalue weighted by atomic mass is 16.1. The molecule has 3 N–H and O–H groups in total. The number of rotatable bonds is 4. The highest BCUT2D eigenvalue weighted by molar-refractivity contribution is 6.00. The molecule has 0 unspecified atom stereocenters. The van der Waals surface area contributed by atoms with E-state index in [-0.39, 0.29) is 11.1 Å². The zero-order valence-corrected chi connectivity index (χ0v) is 14.5. The molecule has 1 amide bonds. The summed E-state index contributed by atoms with van der Waals surface area (Å²) in [5, 5.41) is 9.52. The number of primary amides is 1. The third-order valence-corrected chi connectivity index (χ3v) is 4.52. The molecule has 0 spiro atoms. The second kappa shape index (κ2) is 5.83. The Morgan fingerprint density at radius 1 is 1.27 bits per heavy atom.